The van der Waals surface area contributed by atoms with E-state index in [1.54, 1.807) is 18.0 Å². The zero-order chi connectivity index (χ0) is 39.3. The van der Waals surface area contributed by atoms with Gasteiger partial charge < -0.3 is 33.9 Å². The molecule has 7 rings (SSSR count). The van der Waals surface area contributed by atoms with Crippen LogP contribution in [0.2, 0.25) is 0 Å². The number of benzene rings is 2. The summed E-state index contributed by atoms with van der Waals surface area (Å²) in [6.07, 6.45) is 2.87. The maximum Gasteiger partial charge on any atom is 0.419 e. The summed E-state index contributed by atoms with van der Waals surface area (Å²) in [6.45, 7) is 10.4. The van der Waals surface area contributed by atoms with Crippen LogP contribution in [-0.4, -0.2) is 143 Å². The normalized spacial score (nSPS) is 19.7. The molecule has 3 aromatic rings. The smallest absolute Gasteiger partial charge is 0.419 e. The standard InChI is InChI=1S/C41H55N7O8/c1-4-23-54-36(49)27-44-19-21-45(22-20-44)31-10-14-46(15-11-31)38(50)35(26-29-24-28(2)37-34(25-29)55-40(52)43(37)3)56-41(53)47-16-12-32(13-17-47)48-18-9-30-7-5-6-8-33(30)42-39(48)51/h5-8,24-25,31-32,35H,4,9-23,26-27H2,1-3H3,(H,42,51)/t35-/m1/s1. The molecule has 0 aliphatic carbocycles. The van der Waals surface area contributed by atoms with Crippen molar-refractivity contribution in [3.63, 3.8) is 0 Å². The lowest BCUT2D eigenvalue weighted by Gasteiger charge is -2.43. The number of aryl methyl sites for hydroxylation is 2. The van der Waals surface area contributed by atoms with Gasteiger partial charge in [0, 0.05) is 90.1 Å². The Hall–Kier alpha value is -4.89. The van der Waals surface area contributed by atoms with Crippen molar-refractivity contribution in [3.8, 4) is 0 Å². The summed E-state index contributed by atoms with van der Waals surface area (Å²) in [6, 6.07) is 11.7. The number of likely N-dealkylation sites (tertiary alicyclic amines) is 2. The molecule has 56 heavy (non-hydrogen) atoms. The van der Waals surface area contributed by atoms with E-state index < -0.39 is 18.0 Å². The predicted octanol–water partition coefficient (Wildman–Crippen LogP) is 3.60. The third-order valence-electron chi connectivity index (χ3n) is 11.9. The minimum Gasteiger partial charge on any atom is -0.465 e. The van der Waals surface area contributed by atoms with Gasteiger partial charge in [0.1, 0.15) is 0 Å². The van der Waals surface area contributed by atoms with E-state index in [2.05, 4.69) is 15.1 Å². The molecule has 4 aliphatic heterocycles. The van der Waals surface area contributed by atoms with Crippen molar-refractivity contribution < 1.29 is 33.1 Å². The van der Waals surface area contributed by atoms with Crippen LogP contribution in [0.5, 0.6) is 0 Å². The molecule has 0 spiro atoms. The van der Waals surface area contributed by atoms with Gasteiger partial charge in [0.25, 0.3) is 5.91 Å². The highest BCUT2D eigenvalue weighted by molar-refractivity contribution is 5.91. The van der Waals surface area contributed by atoms with Crippen molar-refractivity contribution in [2.45, 2.75) is 77.0 Å². The Balaban J connectivity index is 0.976. The maximum atomic E-state index is 14.3. The Morgan fingerprint density at radius 1 is 0.893 bits per heavy atom. The number of urea groups is 1. The average Bonchev–Trinajstić information content (AvgIpc) is 3.38. The van der Waals surface area contributed by atoms with Gasteiger partial charge in [-0.15, -0.1) is 0 Å². The minimum atomic E-state index is -1.07. The summed E-state index contributed by atoms with van der Waals surface area (Å²) >= 11 is 0. The topological polar surface area (TPSA) is 150 Å². The van der Waals surface area contributed by atoms with Gasteiger partial charge in [0.15, 0.2) is 11.7 Å². The lowest BCUT2D eigenvalue weighted by atomic mass is 9.99. The zero-order valence-electron chi connectivity index (χ0n) is 32.9. The van der Waals surface area contributed by atoms with Crippen LogP contribution < -0.4 is 11.1 Å². The van der Waals surface area contributed by atoms with Gasteiger partial charge in [-0.2, -0.15) is 0 Å². The van der Waals surface area contributed by atoms with Crippen LogP contribution in [0.4, 0.5) is 15.3 Å². The largest absolute Gasteiger partial charge is 0.465 e. The average molecular weight is 774 g/mol. The Morgan fingerprint density at radius 2 is 1.59 bits per heavy atom. The molecular weight excluding hydrogens is 718 g/mol. The quantitative estimate of drug-likeness (QED) is 0.303. The second kappa shape index (κ2) is 17.5. The molecule has 4 amide bonds. The summed E-state index contributed by atoms with van der Waals surface area (Å²) < 4.78 is 18.3. The van der Waals surface area contributed by atoms with Crippen molar-refractivity contribution in [1.29, 1.82) is 0 Å². The second-order valence-electron chi connectivity index (χ2n) is 15.6. The molecule has 5 heterocycles. The predicted molar refractivity (Wildman–Crippen MR) is 209 cm³/mol. The van der Waals surface area contributed by atoms with Crippen LogP contribution in [0, 0.1) is 6.92 Å². The SMILES string of the molecule is CCCOC(=O)CN1CCN(C2CCN(C(=O)[C@@H](Cc3cc(C)c4c(c3)oc(=O)n4C)OC(=O)N3CCC(N4CCc5ccccc5NC4=O)CC3)CC2)CC1. The van der Waals surface area contributed by atoms with E-state index in [0.29, 0.717) is 75.9 Å². The number of oxazole rings is 1. The molecule has 302 valence electrons. The highest BCUT2D eigenvalue weighted by Gasteiger charge is 2.37. The van der Waals surface area contributed by atoms with Gasteiger partial charge >= 0.3 is 23.8 Å². The van der Waals surface area contributed by atoms with Crippen molar-refractivity contribution in [2.75, 3.05) is 77.4 Å². The van der Waals surface area contributed by atoms with Gasteiger partial charge in [0.05, 0.1) is 18.7 Å². The lowest BCUT2D eigenvalue weighted by Crippen LogP contribution is -2.55. The second-order valence-corrected chi connectivity index (χ2v) is 15.6. The van der Waals surface area contributed by atoms with Crippen molar-refractivity contribution in [1.82, 2.24) is 29.1 Å². The first-order valence-electron chi connectivity index (χ1n) is 20.2. The molecule has 3 fully saturated rings. The van der Waals surface area contributed by atoms with Crippen LogP contribution in [0.3, 0.4) is 0 Å². The van der Waals surface area contributed by atoms with E-state index in [-0.39, 0.29) is 30.4 Å². The Bertz CT molecular complexity index is 1950. The summed E-state index contributed by atoms with van der Waals surface area (Å²) in [5, 5.41) is 3.04. The third-order valence-corrected chi connectivity index (χ3v) is 11.9. The summed E-state index contributed by atoms with van der Waals surface area (Å²) in [5.74, 6) is -0.886. The molecule has 0 radical (unpaired) electrons. The number of hydrogen-bond acceptors (Lipinski definition) is 10. The first-order chi connectivity index (χ1) is 27.1. The molecule has 0 bridgehead atoms. The summed E-state index contributed by atoms with van der Waals surface area (Å²) in [7, 11) is 1.66. The van der Waals surface area contributed by atoms with Crippen molar-refractivity contribution >= 4 is 40.8 Å². The third kappa shape index (κ3) is 8.88. The summed E-state index contributed by atoms with van der Waals surface area (Å²) in [4.78, 5) is 75.6. The van der Waals surface area contributed by atoms with E-state index in [4.69, 9.17) is 13.9 Å². The number of aromatic nitrogens is 1. The number of nitrogens with zero attached hydrogens (tertiary/aromatic N) is 6. The highest BCUT2D eigenvalue weighted by atomic mass is 16.6. The number of rotatable bonds is 10. The number of hydrogen-bond donors (Lipinski definition) is 1. The monoisotopic (exact) mass is 773 g/mol. The van der Waals surface area contributed by atoms with Gasteiger partial charge in [0.2, 0.25) is 0 Å². The molecule has 2 aromatic carbocycles. The van der Waals surface area contributed by atoms with Crippen molar-refractivity contribution in [2.24, 2.45) is 7.05 Å². The number of nitrogens with one attached hydrogen (secondary N) is 1. The van der Waals surface area contributed by atoms with Gasteiger partial charge in [-0.25, -0.2) is 14.4 Å². The number of piperazine rings is 1. The molecule has 1 N–H and O–H groups in total. The van der Waals surface area contributed by atoms with E-state index in [1.807, 2.05) is 54.0 Å². The number of ether oxygens (including phenoxy) is 2. The Labute approximate surface area is 327 Å². The minimum absolute atomic E-state index is 0.0207. The van der Waals surface area contributed by atoms with Crippen LogP contribution in [0.25, 0.3) is 11.1 Å². The molecule has 15 nitrogen and oxygen atoms in total. The molecule has 3 saturated heterocycles. The fourth-order valence-electron chi connectivity index (χ4n) is 8.77. The Kier molecular flexibility index (Phi) is 12.3. The number of carbonyl (C=O) groups is 4. The van der Waals surface area contributed by atoms with Gasteiger partial charge in [-0.05, 0) is 74.3 Å². The van der Waals surface area contributed by atoms with Crippen LogP contribution in [0.15, 0.2) is 45.6 Å². The van der Waals surface area contributed by atoms with Crippen molar-refractivity contribution in [3.05, 3.63) is 63.6 Å². The molecule has 0 saturated carbocycles. The number of piperidine rings is 2. The molecule has 15 heteroatoms. The molecular formula is C41H55N7O8. The molecule has 1 atom stereocenters. The first kappa shape index (κ1) is 39.3. The molecule has 0 unspecified atom stereocenters. The number of anilines is 1. The molecule has 4 aliphatic rings. The van der Waals surface area contributed by atoms with Gasteiger partial charge in [-0.1, -0.05) is 31.2 Å². The van der Waals surface area contributed by atoms with Crippen LogP contribution in [0.1, 0.15) is 55.7 Å². The van der Waals surface area contributed by atoms with E-state index in [1.165, 1.54) is 4.57 Å². The fraction of sp³-hybridized carbons (Fsp3) is 0.585. The lowest BCUT2D eigenvalue weighted by molar-refractivity contribution is -0.145. The maximum absolute atomic E-state index is 14.3. The van der Waals surface area contributed by atoms with Crippen LogP contribution >= 0.6 is 0 Å². The number of carbonyl (C=O) groups excluding carboxylic acids is 4. The number of esters is 1. The molecule has 1 aromatic heterocycles. The number of para-hydroxylation sites is 1. The zero-order valence-corrected chi connectivity index (χ0v) is 32.9. The van der Waals surface area contributed by atoms with E-state index >= 15 is 0 Å². The highest BCUT2D eigenvalue weighted by Crippen LogP contribution is 2.27. The van der Waals surface area contributed by atoms with Gasteiger partial charge in [-0.3, -0.25) is 24.0 Å². The fourth-order valence-corrected chi connectivity index (χ4v) is 8.77. The first-order valence-corrected chi connectivity index (χ1v) is 20.2. The number of amides is 4. The number of fused-ring (bicyclic) bond motifs is 2. The van der Waals surface area contributed by atoms with E-state index in [0.717, 1.165) is 74.2 Å². The summed E-state index contributed by atoms with van der Waals surface area (Å²) in [5.41, 5.74) is 4.60. The Morgan fingerprint density at radius 3 is 2.32 bits per heavy atom. The van der Waals surface area contributed by atoms with Crippen LogP contribution in [-0.2, 0) is 39.0 Å². The van der Waals surface area contributed by atoms with E-state index in [9.17, 15) is 24.0 Å².